The molecule has 32 heavy (non-hydrogen) atoms. The van der Waals surface area contributed by atoms with Crippen LogP contribution in [-0.4, -0.2) is 40.3 Å². The van der Waals surface area contributed by atoms with Gasteiger partial charge in [-0.25, -0.2) is 9.37 Å². The van der Waals surface area contributed by atoms with Gasteiger partial charge in [0.1, 0.15) is 27.1 Å². The van der Waals surface area contributed by atoms with Crippen molar-refractivity contribution >= 4 is 34.6 Å². The number of benzene rings is 2. The molecule has 2 aliphatic heterocycles. The summed E-state index contributed by atoms with van der Waals surface area (Å²) < 4.78 is 19.5. The lowest BCUT2D eigenvalue weighted by molar-refractivity contribution is -0.00560. The second-order valence-corrected chi connectivity index (χ2v) is 9.69. The van der Waals surface area contributed by atoms with E-state index in [1.54, 1.807) is 35.2 Å². The Morgan fingerprint density at radius 1 is 1.19 bits per heavy atom. The summed E-state index contributed by atoms with van der Waals surface area (Å²) in [4.78, 5) is 32.8. The van der Waals surface area contributed by atoms with E-state index in [0.29, 0.717) is 57.8 Å². The van der Waals surface area contributed by atoms with Crippen LogP contribution in [0.3, 0.4) is 0 Å². The molecule has 0 bridgehead atoms. The molecule has 5 nitrogen and oxygen atoms in total. The van der Waals surface area contributed by atoms with E-state index in [-0.39, 0.29) is 23.9 Å². The molecule has 0 atom stereocenters. The number of amides is 1. The Hall–Kier alpha value is -2.77. The van der Waals surface area contributed by atoms with Crippen molar-refractivity contribution in [3.8, 4) is 16.3 Å². The van der Waals surface area contributed by atoms with Crippen LogP contribution >= 0.6 is 22.9 Å². The lowest BCUT2D eigenvalue weighted by atomic mass is 9.82. The van der Waals surface area contributed by atoms with Gasteiger partial charge in [-0.05, 0) is 49.4 Å². The van der Waals surface area contributed by atoms with E-state index in [0.717, 1.165) is 5.56 Å². The molecule has 2 aromatic carbocycles. The van der Waals surface area contributed by atoms with E-state index >= 15 is 0 Å². The van der Waals surface area contributed by atoms with Gasteiger partial charge < -0.3 is 9.64 Å². The summed E-state index contributed by atoms with van der Waals surface area (Å²) in [5.41, 5.74) is 1.38. The van der Waals surface area contributed by atoms with Crippen molar-refractivity contribution in [3.63, 3.8) is 0 Å². The van der Waals surface area contributed by atoms with Gasteiger partial charge in [-0.3, -0.25) is 9.59 Å². The van der Waals surface area contributed by atoms with Crippen LogP contribution in [0.15, 0.2) is 42.5 Å². The number of nitrogens with zero attached hydrogens (tertiary/aromatic N) is 2. The fourth-order valence-electron chi connectivity index (χ4n) is 4.32. The second kappa shape index (κ2) is 7.98. The quantitative estimate of drug-likeness (QED) is 0.492. The zero-order valence-electron chi connectivity index (χ0n) is 17.4. The zero-order valence-corrected chi connectivity index (χ0v) is 18.9. The second-order valence-electron chi connectivity index (χ2n) is 8.26. The predicted octanol–water partition coefficient (Wildman–Crippen LogP) is 5.55. The molecular weight excluding hydrogens is 451 g/mol. The SMILES string of the molecule is Cc1nc(-c2ccc(F)cc2)sc1C(=O)N1CCC2(CC1)CC(=O)c1cc(Cl)ccc1O2. The smallest absolute Gasteiger partial charge is 0.265 e. The van der Waals surface area contributed by atoms with E-state index < -0.39 is 5.60 Å². The summed E-state index contributed by atoms with van der Waals surface area (Å²) in [6.45, 7) is 2.81. The number of ketones is 1. The largest absolute Gasteiger partial charge is 0.486 e. The Morgan fingerprint density at radius 2 is 1.91 bits per heavy atom. The summed E-state index contributed by atoms with van der Waals surface area (Å²) in [6, 6.07) is 11.2. The van der Waals surface area contributed by atoms with E-state index in [9.17, 15) is 14.0 Å². The molecule has 8 heteroatoms. The number of Topliss-reactive ketones (excluding diaryl/α,β-unsaturated/α-hetero) is 1. The summed E-state index contributed by atoms with van der Waals surface area (Å²) in [6.07, 6.45) is 1.45. The van der Waals surface area contributed by atoms with Crippen LogP contribution in [0.4, 0.5) is 4.39 Å². The molecule has 0 aliphatic carbocycles. The number of hydrogen-bond donors (Lipinski definition) is 0. The van der Waals surface area contributed by atoms with E-state index in [4.69, 9.17) is 16.3 Å². The maximum Gasteiger partial charge on any atom is 0.265 e. The number of ether oxygens (including phenoxy) is 1. The van der Waals surface area contributed by atoms with E-state index in [1.807, 2.05) is 6.92 Å². The molecule has 1 aromatic heterocycles. The zero-order chi connectivity index (χ0) is 22.5. The Bertz CT molecular complexity index is 1220. The molecule has 2 aliphatic rings. The standard InChI is InChI=1S/C24H20ClFN2O3S/c1-14-21(32-22(27-14)15-2-5-17(26)6-3-15)23(30)28-10-8-24(9-11-28)13-19(29)18-12-16(25)4-7-20(18)31-24/h2-7,12H,8-11,13H2,1H3. The Balaban J connectivity index is 1.31. The Kier molecular flexibility index (Phi) is 5.26. The number of carbonyl (C=O) groups excluding carboxylic acids is 2. The van der Waals surface area contributed by atoms with E-state index in [2.05, 4.69) is 4.98 Å². The van der Waals surface area contributed by atoms with Gasteiger partial charge in [-0.15, -0.1) is 11.3 Å². The van der Waals surface area contributed by atoms with Crippen molar-refractivity contribution in [1.29, 1.82) is 0 Å². The molecule has 3 heterocycles. The molecule has 0 saturated carbocycles. The van der Waals surface area contributed by atoms with Gasteiger partial charge in [0.25, 0.3) is 5.91 Å². The van der Waals surface area contributed by atoms with Crippen molar-refractivity contribution in [2.24, 2.45) is 0 Å². The Morgan fingerprint density at radius 3 is 2.62 bits per heavy atom. The maximum atomic E-state index is 13.2. The highest BCUT2D eigenvalue weighted by Crippen LogP contribution is 2.40. The van der Waals surface area contributed by atoms with Crippen LogP contribution in [-0.2, 0) is 0 Å². The molecule has 1 spiro atoms. The monoisotopic (exact) mass is 470 g/mol. The number of aromatic nitrogens is 1. The number of halogens is 2. The number of piperidine rings is 1. The molecular formula is C24H20ClFN2O3S. The van der Waals surface area contributed by atoms with Gasteiger partial charge in [0.2, 0.25) is 0 Å². The minimum Gasteiger partial charge on any atom is -0.486 e. The average Bonchev–Trinajstić information content (AvgIpc) is 3.16. The predicted molar refractivity (Wildman–Crippen MR) is 121 cm³/mol. The average molecular weight is 471 g/mol. The topological polar surface area (TPSA) is 59.5 Å². The third-order valence-electron chi connectivity index (χ3n) is 6.10. The minimum absolute atomic E-state index is 0.0239. The molecule has 5 rings (SSSR count). The first-order valence-electron chi connectivity index (χ1n) is 10.4. The van der Waals surface area contributed by atoms with Gasteiger partial charge in [0.05, 0.1) is 17.7 Å². The van der Waals surface area contributed by atoms with Crippen molar-refractivity contribution in [2.75, 3.05) is 13.1 Å². The van der Waals surface area contributed by atoms with Crippen molar-refractivity contribution in [2.45, 2.75) is 31.8 Å². The number of aryl methyl sites for hydroxylation is 1. The fourth-order valence-corrected chi connectivity index (χ4v) is 5.53. The van der Waals surface area contributed by atoms with Crippen LogP contribution in [0.5, 0.6) is 5.75 Å². The molecule has 0 N–H and O–H groups in total. The highest BCUT2D eigenvalue weighted by Gasteiger charge is 2.44. The summed E-state index contributed by atoms with van der Waals surface area (Å²) >= 11 is 7.34. The molecule has 0 radical (unpaired) electrons. The molecule has 3 aromatic rings. The minimum atomic E-state index is -0.587. The molecule has 1 saturated heterocycles. The molecule has 0 unspecified atom stereocenters. The normalized spacial score (nSPS) is 17.2. The molecule has 1 amide bonds. The number of fused-ring (bicyclic) bond motifs is 1. The van der Waals surface area contributed by atoms with Crippen molar-refractivity contribution in [3.05, 3.63) is 69.4 Å². The number of thiazole rings is 1. The van der Waals surface area contributed by atoms with E-state index in [1.165, 1.54) is 23.5 Å². The van der Waals surface area contributed by atoms with Crippen LogP contribution in [0, 0.1) is 12.7 Å². The number of carbonyl (C=O) groups is 2. The van der Waals surface area contributed by atoms with Gasteiger partial charge >= 0.3 is 0 Å². The Labute approximate surface area is 193 Å². The molecule has 164 valence electrons. The van der Waals surface area contributed by atoms with Crippen molar-refractivity contribution < 1.29 is 18.7 Å². The van der Waals surface area contributed by atoms with Gasteiger partial charge in [0.15, 0.2) is 5.78 Å². The summed E-state index contributed by atoms with van der Waals surface area (Å²) in [5, 5.41) is 1.20. The highest BCUT2D eigenvalue weighted by atomic mass is 35.5. The van der Waals surface area contributed by atoms with Crippen LogP contribution in [0.25, 0.3) is 10.6 Å². The molecule has 1 fully saturated rings. The lowest BCUT2D eigenvalue weighted by Crippen LogP contribution is -2.52. The number of rotatable bonds is 2. The highest BCUT2D eigenvalue weighted by molar-refractivity contribution is 7.17. The fraction of sp³-hybridized carbons (Fsp3) is 0.292. The third kappa shape index (κ3) is 3.80. The maximum absolute atomic E-state index is 13.2. The first kappa shape index (κ1) is 21.1. The van der Waals surface area contributed by atoms with Crippen LogP contribution < -0.4 is 4.74 Å². The number of hydrogen-bond acceptors (Lipinski definition) is 5. The van der Waals surface area contributed by atoms with Crippen LogP contribution in [0.1, 0.15) is 45.0 Å². The first-order chi connectivity index (χ1) is 15.3. The summed E-state index contributed by atoms with van der Waals surface area (Å²) in [5.74, 6) is 0.204. The third-order valence-corrected chi connectivity index (χ3v) is 7.52. The first-order valence-corrected chi connectivity index (χ1v) is 11.6. The van der Waals surface area contributed by atoms with Crippen LogP contribution in [0.2, 0.25) is 5.02 Å². The van der Waals surface area contributed by atoms with Gasteiger partial charge in [-0.1, -0.05) is 11.6 Å². The summed E-state index contributed by atoms with van der Waals surface area (Å²) in [7, 11) is 0. The van der Waals surface area contributed by atoms with Gasteiger partial charge in [-0.2, -0.15) is 0 Å². The van der Waals surface area contributed by atoms with Gasteiger partial charge in [0, 0.05) is 36.5 Å². The number of likely N-dealkylation sites (tertiary alicyclic amines) is 1. The van der Waals surface area contributed by atoms with Crippen molar-refractivity contribution in [1.82, 2.24) is 9.88 Å². The lowest BCUT2D eigenvalue weighted by Gasteiger charge is -2.43.